The van der Waals surface area contributed by atoms with Gasteiger partial charge in [0.05, 0.1) is 11.5 Å². The zero-order chi connectivity index (χ0) is 14.9. The molecule has 4 nitrogen and oxygen atoms in total. The molecule has 1 saturated heterocycles. The molecule has 0 aromatic heterocycles. The van der Waals surface area contributed by atoms with Crippen molar-refractivity contribution in [3.8, 4) is 5.75 Å². The highest BCUT2D eigenvalue weighted by Gasteiger charge is 2.28. The molecule has 1 aliphatic rings. The molecular formula is C15H15NO3S2. The molecule has 110 valence electrons. The van der Waals surface area contributed by atoms with Crippen LogP contribution in [0.15, 0.2) is 42.5 Å². The summed E-state index contributed by atoms with van der Waals surface area (Å²) in [6.07, 6.45) is 0.573. The van der Waals surface area contributed by atoms with Gasteiger partial charge in [0.15, 0.2) is 9.84 Å². The normalized spacial score (nSPS) is 20.3. The van der Waals surface area contributed by atoms with Crippen molar-refractivity contribution in [3.05, 3.63) is 42.5 Å². The highest BCUT2D eigenvalue weighted by Crippen LogP contribution is 2.21. The molecule has 6 heteroatoms. The molecule has 0 amide bonds. The Morgan fingerprint density at radius 1 is 1.19 bits per heavy atom. The van der Waals surface area contributed by atoms with Crippen LogP contribution in [0.25, 0.3) is 10.8 Å². The molecule has 2 aromatic rings. The maximum atomic E-state index is 11.4. The van der Waals surface area contributed by atoms with E-state index in [1.807, 2.05) is 42.5 Å². The minimum absolute atomic E-state index is 0.119. The van der Waals surface area contributed by atoms with Gasteiger partial charge in [-0.1, -0.05) is 30.3 Å². The molecular weight excluding hydrogens is 306 g/mol. The van der Waals surface area contributed by atoms with Gasteiger partial charge in [0.2, 0.25) is 0 Å². The van der Waals surface area contributed by atoms with Crippen molar-refractivity contribution in [3.63, 3.8) is 0 Å². The van der Waals surface area contributed by atoms with Crippen LogP contribution in [0.5, 0.6) is 5.75 Å². The first-order valence-electron chi connectivity index (χ1n) is 6.69. The summed E-state index contributed by atoms with van der Waals surface area (Å²) in [7, 11) is -2.92. The maximum absolute atomic E-state index is 11.4. The Morgan fingerprint density at radius 3 is 2.67 bits per heavy atom. The molecule has 3 rings (SSSR count). The number of fused-ring (bicyclic) bond motifs is 1. The third-order valence-electron chi connectivity index (χ3n) is 3.49. The van der Waals surface area contributed by atoms with Crippen molar-refractivity contribution in [2.45, 2.75) is 12.5 Å². The van der Waals surface area contributed by atoms with Crippen molar-refractivity contribution in [1.29, 1.82) is 0 Å². The zero-order valence-corrected chi connectivity index (χ0v) is 12.9. The highest BCUT2D eigenvalue weighted by molar-refractivity contribution is 7.91. The number of hydrogen-bond acceptors (Lipinski definition) is 4. The van der Waals surface area contributed by atoms with Crippen LogP contribution in [0.3, 0.4) is 0 Å². The first kappa shape index (κ1) is 14.3. The van der Waals surface area contributed by atoms with Gasteiger partial charge in [-0.05, 0) is 41.5 Å². The summed E-state index contributed by atoms with van der Waals surface area (Å²) in [4.78, 5) is 0. The number of hydrogen-bond donors (Lipinski definition) is 1. The van der Waals surface area contributed by atoms with Crippen molar-refractivity contribution >= 4 is 38.0 Å². The summed E-state index contributed by atoms with van der Waals surface area (Å²) in [5.41, 5.74) is 0. The summed E-state index contributed by atoms with van der Waals surface area (Å²) >= 11 is 5.14. The molecule has 0 bridgehead atoms. The van der Waals surface area contributed by atoms with Gasteiger partial charge in [-0.15, -0.1) is 0 Å². The predicted octanol–water partition coefficient (Wildman–Crippen LogP) is 2.28. The van der Waals surface area contributed by atoms with Gasteiger partial charge in [-0.3, -0.25) is 0 Å². The van der Waals surface area contributed by atoms with Crippen molar-refractivity contribution in [2.75, 3.05) is 11.5 Å². The van der Waals surface area contributed by atoms with Crippen molar-refractivity contribution in [2.24, 2.45) is 0 Å². The number of ether oxygens (including phenoxy) is 1. The van der Waals surface area contributed by atoms with Crippen LogP contribution >= 0.6 is 12.2 Å². The molecule has 1 aliphatic heterocycles. The monoisotopic (exact) mass is 321 g/mol. The van der Waals surface area contributed by atoms with Crippen LogP contribution in [-0.4, -0.2) is 31.1 Å². The van der Waals surface area contributed by atoms with E-state index in [9.17, 15) is 8.42 Å². The Kier molecular flexibility index (Phi) is 3.82. The van der Waals surface area contributed by atoms with Crippen LogP contribution in [0.1, 0.15) is 6.42 Å². The molecule has 0 spiro atoms. The molecule has 1 heterocycles. The van der Waals surface area contributed by atoms with Crippen LogP contribution in [0, 0.1) is 0 Å². The van der Waals surface area contributed by atoms with E-state index in [4.69, 9.17) is 17.0 Å². The van der Waals surface area contributed by atoms with Crippen LogP contribution in [0.2, 0.25) is 0 Å². The van der Waals surface area contributed by atoms with Gasteiger partial charge in [0, 0.05) is 6.04 Å². The molecule has 1 atom stereocenters. The van der Waals surface area contributed by atoms with Crippen LogP contribution < -0.4 is 10.1 Å². The lowest BCUT2D eigenvalue weighted by atomic mass is 10.1. The van der Waals surface area contributed by atoms with Gasteiger partial charge in [-0.2, -0.15) is 0 Å². The fourth-order valence-corrected chi connectivity index (χ4v) is 4.38. The van der Waals surface area contributed by atoms with E-state index in [-0.39, 0.29) is 22.7 Å². The first-order valence-corrected chi connectivity index (χ1v) is 8.92. The van der Waals surface area contributed by atoms with E-state index in [2.05, 4.69) is 5.32 Å². The molecule has 21 heavy (non-hydrogen) atoms. The summed E-state index contributed by atoms with van der Waals surface area (Å²) in [5.74, 6) is 0.976. The summed E-state index contributed by atoms with van der Waals surface area (Å²) < 4.78 is 28.4. The van der Waals surface area contributed by atoms with Gasteiger partial charge < -0.3 is 10.1 Å². The van der Waals surface area contributed by atoms with E-state index in [0.29, 0.717) is 12.2 Å². The topological polar surface area (TPSA) is 55.4 Å². The third kappa shape index (κ3) is 3.51. The minimum atomic E-state index is -2.92. The summed E-state index contributed by atoms with van der Waals surface area (Å²) in [6, 6.07) is 13.6. The van der Waals surface area contributed by atoms with E-state index in [0.717, 1.165) is 10.8 Å². The zero-order valence-electron chi connectivity index (χ0n) is 11.3. The second kappa shape index (κ2) is 5.61. The summed E-state index contributed by atoms with van der Waals surface area (Å²) in [5, 5.41) is 5.38. The Bertz CT molecular complexity index is 786. The molecule has 1 fully saturated rings. The van der Waals surface area contributed by atoms with Crippen LogP contribution in [-0.2, 0) is 9.84 Å². The van der Waals surface area contributed by atoms with Gasteiger partial charge in [-0.25, -0.2) is 8.42 Å². The Morgan fingerprint density at radius 2 is 1.95 bits per heavy atom. The number of benzene rings is 2. The lowest BCUT2D eigenvalue weighted by Gasteiger charge is -2.14. The molecule has 2 aromatic carbocycles. The first-order chi connectivity index (χ1) is 10.0. The number of nitrogens with one attached hydrogen (secondary N) is 1. The third-order valence-corrected chi connectivity index (χ3v) is 5.46. The Hall–Kier alpha value is -1.66. The molecule has 0 saturated carbocycles. The lowest BCUT2D eigenvalue weighted by Crippen LogP contribution is -2.37. The van der Waals surface area contributed by atoms with Gasteiger partial charge >= 0.3 is 0 Å². The van der Waals surface area contributed by atoms with Gasteiger partial charge in [0.25, 0.3) is 5.17 Å². The second-order valence-corrected chi connectivity index (χ2v) is 7.74. The van der Waals surface area contributed by atoms with Gasteiger partial charge in [0.1, 0.15) is 5.75 Å². The predicted molar refractivity (Wildman–Crippen MR) is 87.4 cm³/mol. The highest BCUT2D eigenvalue weighted by atomic mass is 32.2. The average molecular weight is 321 g/mol. The van der Waals surface area contributed by atoms with E-state index >= 15 is 0 Å². The van der Waals surface area contributed by atoms with E-state index in [1.165, 1.54) is 0 Å². The van der Waals surface area contributed by atoms with Crippen molar-refractivity contribution in [1.82, 2.24) is 5.32 Å². The summed E-state index contributed by atoms with van der Waals surface area (Å²) in [6.45, 7) is 0. The molecule has 1 N–H and O–H groups in total. The largest absolute Gasteiger partial charge is 0.432 e. The number of sulfone groups is 1. The second-order valence-electron chi connectivity index (χ2n) is 5.14. The lowest BCUT2D eigenvalue weighted by molar-refractivity contribution is 0.510. The molecule has 0 radical (unpaired) electrons. The SMILES string of the molecule is O=S1(=O)CCC(NC(=S)Oc2ccc3ccccc3c2)C1. The Labute approximate surface area is 129 Å². The molecule has 0 aliphatic carbocycles. The number of rotatable bonds is 2. The quantitative estimate of drug-likeness (QED) is 0.860. The smallest absolute Gasteiger partial charge is 0.262 e. The molecule has 1 unspecified atom stereocenters. The number of thiocarbonyl (C=S) groups is 1. The maximum Gasteiger partial charge on any atom is 0.262 e. The Balaban J connectivity index is 1.66. The van der Waals surface area contributed by atoms with Crippen molar-refractivity contribution < 1.29 is 13.2 Å². The minimum Gasteiger partial charge on any atom is -0.432 e. The fourth-order valence-electron chi connectivity index (χ4n) is 2.44. The van der Waals surface area contributed by atoms with E-state index in [1.54, 1.807) is 0 Å². The average Bonchev–Trinajstić information content (AvgIpc) is 2.77. The fraction of sp³-hybridized carbons (Fsp3) is 0.267. The van der Waals surface area contributed by atoms with Crippen LogP contribution in [0.4, 0.5) is 0 Å². The standard InChI is InChI=1S/C15H15NO3S2/c17-21(18)8-7-13(10-21)16-15(20)19-14-6-5-11-3-1-2-4-12(11)9-14/h1-6,9,13H,7-8,10H2,(H,16,20). The van der Waals surface area contributed by atoms with E-state index < -0.39 is 9.84 Å².